The number of non-ortho nitro benzene ring substituents is 1. The first-order valence-electron chi connectivity index (χ1n) is 7.65. The van der Waals surface area contributed by atoms with Gasteiger partial charge in [-0.1, -0.05) is 0 Å². The SMILES string of the molecule is O=[N+]([O-])c1ccc(S(=O)(=O)N2CCCC(Oc3ncccn3)C2)cc1. The van der Waals surface area contributed by atoms with Crippen LogP contribution in [0, 0.1) is 10.1 Å². The summed E-state index contributed by atoms with van der Waals surface area (Å²) in [5, 5.41) is 10.7. The summed E-state index contributed by atoms with van der Waals surface area (Å²) in [5.74, 6) is 0. The van der Waals surface area contributed by atoms with E-state index in [4.69, 9.17) is 4.74 Å². The maximum Gasteiger partial charge on any atom is 0.316 e. The van der Waals surface area contributed by atoms with Crippen molar-refractivity contribution in [2.45, 2.75) is 23.8 Å². The molecule has 1 unspecified atom stereocenters. The average molecular weight is 364 g/mol. The average Bonchev–Trinajstić information content (AvgIpc) is 2.63. The summed E-state index contributed by atoms with van der Waals surface area (Å²) in [7, 11) is -3.74. The Morgan fingerprint density at radius 2 is 1.88 bits per heavy atom. The predicted octanol–water partition coefficient (Wildman–Crippen LogP) is 1.62. The van der Waals surface area contributed by atoms with Crippen molar-refractivity contribution in [2.75, 3.05) is 13.1 Å². The molecular weight excluding hydrogens is 348 g/mol. The highest BCUT2D eigenvalue weighted by atomic mass is 32.2. The van der Waals surface area contributed by atoms with E-state index in [1.54, 1.807) is 18.5 Å². The normalized spacial score (nSPS) is 18.6. The topological polar surface area (TPSA) is 116 Å². The third kappa shape index (κ3) is 3.91. The Labute approximate surface area is 144 Å². The lowest BCUT2D eigenvalue weighted by Gasteiger charge is -2.31. The van der Waals surface area contributed by atoms with Crippen LogP contribution in [-0.2, 0) is 10.0 Å². The van der Waals surface area contributed by atoms with Gasteiger partial charge in [0.15, 0.2) is 0 Å². The van der Waals surface area contributed by atoms with E-state index in [1.807, 2.05) is 0 Å². The minimum absolute atomic E-state index is 0.0229. The van der Waals surface area contributed by atoms with Crippen LogP contribution in [0.2, 0.25) is 0 Å². The number of rotatable bonds is 5. The van der Waals surface area contributed by atoms with Crippen LogP contribution in [0.1, 0.15) is 12.8 Å². The molecule has 9 nitrogen and oxygen atoms in total. The van der Waals surface area contributed by atoms with Gasteiger partial charge < -0.3 is 4.74 Å². The third-order valence-corrected chi connectivity index (χ3v) is 5.72. The molecule has 132 valence electrons. The van der Waals surface area contributed by atoms with Gasteiger partial charge in [0, 0.05) is 31.1 Å². The van der Waals surface area contributed by atoms with E-state index in [2.05, 4.69) is 9.97 Å². The molecule has 0 saturated carbocycles. The number of hydrogen-bond donors (Lipinski definition) is 0. The van der Waals surface area contributed by atoms with Gasteiger partial charge in [-0.25, -0.2) is 18.4 Å². The predicted molar refractivity (Wildman–Crippen MR) is 87.5 cm³/mol. The molecular formula is C15H16N4O5S. The number of sulfonamides is 1. The van der Waals surface area contributed by atoms with Gasteiger partial charge in [-0.15, -0.1) is 0 Å². The fraction of sp³-hybridized carbons (Fsp3) is 0.333. The van der Waals surface area contributed by atoms with Crippen molar-refractivity contribution in [1.29, 1.82) is 0 Å². The van der Waals surface area contributed by atoms with Crippen molar-refractivity contribution in [1.82, 2.24) is 14.3 Å². The van der Waals surface area contributed by atoms with Gasteiger partial charge in [-0.3, -0.25) is 10.1 Å². The third-order valence-electron chi connectivity index (χ3n) is 3.84. The van der Waals surface area contributed by atoms with Crippen molar-refractivity contribution in [3.05, 3.63) is 52.8 Å². The number of nitro groups is 1. The fourth-order valence-corrected chi connectivity index (χ4v) is 4.11. The van der Waals surface area contributed by atoms with Crippen LogP contribution in [0.3, 0.4) is 0 Å². The Morgan fingerprint density at radius 1 is 1.20 bits per heavy atom. The van der Waals surface area contributed by atoms with Gasteiger partial charge >= 0.3 is 6.01 Å². The van der Waals surface area contributed by atoms with Gasteiger partial charge in [0.1, 0.15) is 6.10 Å². The molecule has 1 aliphatic heterocycles. The number of nitro benzene ring substituents is 1. The number of benzene rings is 1. The molecule has 2 aromatic rings. The minimum atomic E-state index is -3.74. The van der Waals surface area contributed by atoms with E-state index in [9.17, 15) is 18.5 Å². The molecule has 0 N–H and O–H groups in total. The molecule has 3 rings (SSSR count). The maximum absolute atomic E-state index is 12.7. The van der Waals surface area contributed by atoms with E-state index in [1.165, 1.54) is 28.6 Å². The maximum atomic E-state index is 12.7. The zero-order valence-corrected chi connectivity index (χ0v) is 14.0. The Kier molecular flexibility index (Phi) is 4.91. The fourth-order valence-electron chi connectivity index (χ4n) is 2.60. The highest BCUT2D eigenvalue weighted by Crippen LogP contribution is 2.24. The second-order valence-corrected chi connectivity index (χ2v) is 7.47. The van der Waals surface area contributed by atoms with Crippen LogP contribution >= 0.6 is 0 Å². The van der Waals surface area contributed by atoms with Crippen LogP contribution in [0.5, 0.6) is 6.01 Å². The van der Waals surface area contributed by atoms with Crippen LogP contribution in [0.15, 0.2) is 47.6 Å². The molecule has 25 heavy (non-hydrogen) atoms. The van der Waals surface area contributed by atoms with Gasteiger partial charge in [-0.05, 0) is 31.0 Å². The largest absolute Gasteiger partial charge is 0.459 e. The molecule has 0 radical (unpaired) electrons. The highest BCUT2D eigenvalue weighted by molar-refractivity contribution is 7.89. The number of aromatic nitrogens is 2. The van der Waals surface area contributed by atoms with E-state index in [-0.39, 0.29) is 29.2 Å². The highest BCUT2D eigenvalue weighted by Gasteiger charge is 2.31. The van der Waals surface area contributed by atoms with Crippen molar-refractivity contribution in [2.24, 2.45) is 0 Å². The van der Waals surface area contributed by atoms with Crippen molar-refractivity contribution < 1.29 is 18.1 Å². The summed E-state index contributed by atoms with van der Waals surface area (Å²) in [5.41, 5.74) is -0.153. The molecule has 1 saturated heterocycles. The van der Waals surface area contributed by atoms with E-state index in [0.717, 1.165) is 0 Å². The zero-order chi connectivity index (χ0) is 17.9. The molecule has 1 aliphatic rings. The lowest BCUT2D eigenvalue weighted by atomic mass is 10.1. The molecule has 1 atom stereocenters. The molecule has 2 heterocycles. The van der Waals surface area contributed by atoms with Crippen molar-refractivity contribution >= 4 is 15.7 Å². The zero-order valence-electron chi connectivity index (χ0n) is 13.2. The summed E-state index contributed by atoms with van der Waals surface area (Å²) in [4.78, 5) is 18.1. The standard InChI is InChI=1S/C15H16N4O5S/c20-19(21)12-4-6-14(7-5-12)25(22,23)18-10-1-3-13(11-18)24-15-16-8-2-9-17-15/h2,4-9,13H,1,3,10-11H2. The van der Waals surface area contributed by atoms with Gasteiger partial charge in [0.05, 0.1) is 16.4 Å². The molecule has 0 aliphatic carbocycles. The molecule has 0 spiro atoms. The van der Waals surface area contributed by atoms with E-state index >= 15 is 0 Å². The summed E-state index contributed by atoms with van der Waals surface area (Å²) < 4.78 is 32.4. The van der Waals surface area contributed by atoms with Crippen molar-refractivity contribution in [3.8, 4) is 6.01 Å². The Bertz CT molecular complexity index is 842. The summed E-state index contributed by atoms with van der Waals surface area (Å²) in [6.45, 7) is 0.548. The number of ether oxygens (including phenoxy) is 1. The first-order chi connectivity index (χ1) is 12.0. The second-order valence-electron chi connectivity index (χ2n) is 5.53. The van der Waals surface area contributed by atoms with E-state index in [0.29, 0.717) is 19.4 Å². The van der Waals surface area contributed by atoms with Crippen LogP contribution in [-0.4, -0.2) is 46.8 Å². The van der Waals surface area contributed by atoms with Gasteiger partial charge in [0.25, 0.3) is 5.69 Å². The monoisotopic (exact) mass is 364 g/mol. The minimum Gasteiger partial charge on any atom is -0.459 e. The first kappa shape index (κ1) is 17.2. The number of hydrogen-bond acceptors (Lipinski definition) is 7. The molecule has 1 aromatic carbocycles. The first-order valence-corrected chi connectivity index (χ1v) is 9.09. The van der Waals surface area contributed by atoms with Crippen molar-refractivity contribution in [3.63, 3.8) is 0 Å². The van der Waals surface area contributed by atoms with Crippen LogP contribution in [0.25, 0.3) is 0 Å². The number of piperidine rings is 1. The summed E-state index contributed by atoms with van der Waals surface area (Å²) in [6.07, 6.45) is 4.10. The summed E-state index contributed by atoms with van der Waals surface area (Å²) in [6, 6.07) is 6.74. The Morgan fingerprint density at radius 3 is 2.52 bits per heavy atom. The van der Waals surface area contributed by atoms with Crippen LogP contribution in [0.4, 0.5) is 5.69 Å². The second kappa shape index (κ2) is 7.11. The molecule has 0 amide bonds. The lowest BCUT2D eigenvalue weighted by Crippen LogP contribution is -2.44. The van der Waals surface area contributed by atoms with Crippen LogP contribution < -0.4 is 4.74 Å². The van der Waals surface area contributed by atoms with Gasteiger partial charge in [-0.2, -0.15) is 4.31 Å². The molecule has 10 heteroatoms. The number of nitrogens with zero attached hydrogens (tertiary/aromatic N) is 4. The summed E-state index contributed by atoms with van der Waals surface area (Å²) >= 11 is 0. The Hall–Kier alpha value is -2.59. The molecule has 1 aromatic heterocycles. The lowest BCUT2D eigenvalue weighted by molar-refractivity contribution is -0.384. The quantitative estimate of drug-likeness (QED) is 0.584. The molecule has 0 bridgehead atoms. The Balaban J connectivity index is 1.74. The van der Waals surface area contributed by atoms with Gasteiger partial charge in [0.2, 0.25) is 10.0 Å². The van der Waals surface area contributed by atoms with E-state index < -0.39 is 14.9 Å². The molecule has 1 fully saturated rings. The smallest absolute Gasteiger partial charge is 0.316 e.